The fraction of sp³-hybridized carbons (Fsp3) is 0.462. The molecule has 1 fully saturated rings. The molecule has 1 saturated carbocycles. The molecule has 1 aromatic rings. The van der Waals surface area contributed by atoms with E-state index < -0.39 is 33.7 Å². The number of hydrogen-bond donors (Lipinski definition) is 0. The van der Waals surface area contributed by atoms with E-state index in [9.17, 15) is 23.7 Å². The quantitative estimate of drug-likeness (QED) is 0.487. The Balaban J connectivity index is 2.20. The molecule has 0 aromatic heterocycles. The molecule has 2 rings (SSSR count). The summed E-state index contributed by atoms with van der Waals surface area (Å²) >= 11 is 5.84. The van der Waals surface area contributed by atoms with Crippen molar-refractivity contribution >= 4 is 23.2 Å². The van der Waals surface area contributed by atoms with Crippen molar-refractivity contribution in [1.82, 2.24) is 4.90 Å². The van der Waals surface area contributed by atoms with E-state index in [0.29, 0.717) is 18.7 Å². The molecule has 0 unspecified atom stereocenters. The molecule has 114 valence electrons. The van der Waals surface area contributed by atoms with Gasteiger partial charge in [-0.25, -0.2) is 4.39 Å². The van der Waals surface area contributed by atoms with Crippen LogP contribution in [-0.2, 0) is 0 Å². The second-order valence-corrected chi connectivity index (χ2v) is 5.78. The number of halogens is 3. The van der Waals surface area contributed by atoms with Crippen LogP contribution in [0.25, 0.3) is 0 Å². The number of carbonyl (C=O) groups is 1. The highest BCUT2D eigenvalue weighted by Crippen LogP contribution is 2.32. The van der Waals surface area contributed by atoms with Crippen LogP contribution in [0.2, 0.25) is 0 Å². The van der Waals surface area contributed by atoms with Gasteiger partial charge in [-0.15, -0.1) is 11.6 Å². The molecule has 1 amide bonds. The second kappa shape index (κ2) is 5.93. The summed E-state index contributed by atoms with van der Waals surface area (Å²) in [6, 6.07) is 1.13. The highest BCUT2D eigenvalue weighted by Gasteiger charge is 2.31. The van der Waals surface area contributed by atoms with Crippen LogP contribution in [0.15, 0.2) is 12.1 Å². The molecule has 0 spiro atoms. The van der Waals surface area contributed by atoms with E-state index in [1.165, 1.54) is 11.9 Å². The Labute approximate surface area is 124 Å². The number of benzene rings is 1. The van der Waals surface area contributed by atoms with Gasteiger partial charge >= 0.3 is 5.69 Å². The maximum Gasteiger partial charge on any atom is 0.308 e. The normalized spacial score (nSPS) is 20.8. The minimum absolute atomic E-state index is 0.0884. The Morgan fingerprint density at radius 3 is 2.62 bits per heavy atom. The maximum absolute atomic E-state index is 13.9. The van der Waals surface area contributed by atoms with Crippen molar-refractivity contribution in [2.24, 2.45) is 5.92 Å². The van der Waals surface area contributed by atoms with Crippen molar-refractivity contribution in [3.8, 4) is 0 Å². The van der Waals surface area contributed by atoms with Gasteiger partial charge in [0.25, 0.3) is 5.91 Å². The van der Waals surface area contributed by atoms with Crippen LogP contribution in [0.3, 0.4) is 0 Å². The molecule has 0 heterocycles. The largest absolute Gasteiger partial charge is 0.341 e. The van der Waals surface area contributed by atoms with Gasteiger partial charge in [-0.2, -0.15) is 4.39 Å². The van der Waals surface area contributed by atoms with Gasteiger partial charge < -0.3 is 4.90 Å². The zero-order valence-corrected chi connectivity index (χ0v) is 11.9. The third-order valence-corrected chi connectivity index (χ3v) is 3.86. The highest BCUT2D eigenvalue weighted by molar-refractivity contribution is 6.21. The van der Waals surface area contributed by atoms with Crippen molar-refractivity contribution in [2.75, 3.05) is 13.6 Å². The number of nitrogens with zero attached hydrogens (tertiary/aromatic N) is 2. The first-order chi connectivity index (χ1) is 9.79. The summed E-state index contributed by atoms with van der Waals surface area (Å²) in [5, 5.41) is 10.7. The van der Waals surface area contributed by atoms with Gasteiger partial charge in [0.1, 0.15) is 5.82 Å². The lowest BCUT2D eigenvalue weighted by molar-refractivity contribution is -0.387. The maximum atomic E-state index is 13.9. The van der Waals surface area contributed by atoms with Gasteiger partial charge in [-0.05, 0) is 24.8 Å². The monoisotopic (exact) mass is 318 g/mol. The van der Waals surface area contributed by atoms with E-state index >= 15 is 0 Å². The number of alkyl halides is 1. The first-order valence-corrected chi connectivity index (χ1v) is 6.76. The third kappa shape index (κ3) is 3.29. The molecule has 1 aromatic carbocycles. The number of rotatable bonds is 4. The molecule has 5 nitrogen and oxygen atoms in total. The van der Waals surface area contributed by atoms with Crippen LogP contribution < -0.4 is 0 Å². The Kier molecular flexibility index (Phi) is 4.41. The molecule has 0 aliphatic heterocycles. The van der Waals surface area contributed by atoms with Gasteiger partial charge in [0, 0.05) is 19.0 Å². The van der Waals surface area contributed by atoms with E-state index in [1.54, 1.807) is 0 Å². The van der Waals surface area contributed by atoms with Crippen LogP contribution in [0.5, 0.6) is 0 Å². The predicted octanol–water partition coefficient (Wildman–Crippen LogP) is 2.96. The molecule has 0 radical (unpaired) electrons. The van der Waals surface area contributed by atoms with E-state index in [4.69, 9.17) is 11.6 Å². The van der Waals surface area contributed by atoms with Crippen LogP contribution in [0.1, 0.15) is 23.2 Å². The first-order valence-electron chi connectivity index (χ1n) is 6.32. The SMILES string of the molecule is CN(CC1CC(Cl)C1)C(=O)c1cc(F)cc([N+](=O)[O-])c1F. The van der Waals surface area contributed by atoms with Gasteiger partial charge in [0.15, 0.2) is 0 Å². The average molecular weight is 319 g/mol. The smallest absolute Gasteiger partial charge is 0.308 e. The van der Waals surface area contributed by atoms with Crippen molar-refractivity contribution in [1.29, 1.82) is 0 Å². The van der Waals surface area contributed by atoms with Gasteiger partial charge in [0.05, 0.1) is 16.6 Å². The van der Waals surface area contributed by atoms with Crippen LogP contribution in [-0.4, -0.2) is 34.7 Å². The Bertz CT molecular complexity index is 591. The molecule has 1 aliphatic rings. The molecule has 0 atom stereocenters. The minimum atomic E-state index is -1.32. The summed E-state index contributed by atoms with van der Waals surface area (Å²) in [7, 11) is 1.44. The molecule has 21 heavy (non-hydrogen) atoms. The summed E-state index contributed by atoms with van der Waals surface area (Å²) in [5.74, 6) is -2.91. The summed E-state index contributed by atoms with van der Waals surface area (Å²) in [6.07, 6.45) is 1.51. The fourth-order valence-electron chi connectivity index (χ4n) is 2.34. The van der Waals surface area contributed by atoms with Crippen molar-refractivity contribution < 1.29 is 18.5 Å². The fourth-order valence-corrected chi connectivity index (χ4v) is 2.85. The number of amides is 1. The molecule has 0 N–H and O–H groups in total. The van der Waals surface area contributed by atoms with E-state index in [1.807, 2.05) is 0 Å². The number of nitro groups is 1. The Hall–Kier alpha value is -1.76. The van der Waals surface area contributed by atoms with Gasteiger partial charge in [0.2, 0.25) is 5.82 Å². The summed E-state index contributed by atoms with van der Waals surface area (Å²) in [5.41, 5.74) is -1.68. The minimum Gasteiger partial charge on any atom is -0.341 e. The van der Waals surface area contributed by atoms with Crippen LogP contribution in [0.4, 0.5) is 14.5 Å². The topological polar surface area (TPSA) is 63.5 Å². The van der Waals surface area contributed by atoms with Gasteiger partial charge in [-0.3, -0.25) is 14.9 Å². The van der Waals surface area contributed by atoms with Crippen LogP contribution in [0, 0.1) is 27.7 Å². The second-order valence-electron chi connectivity index (χ2n) is 5.16. The lowest BCUT2D eigenvalue weighted by Gasteiger charge is -2.34. The average Bonchev–Trinajstić information content (AvgIpc) is 2.38. The third-order valence-electron chi connectivity index (χ3n) is 3.50. The zero-order valence-electron chi connectivity index (χ0n) is 11.2. The molecular weight excluding hydrogens is 306 g/mol. The standard InChI is InChI=1S/C13H13ClF2N2O3/c1-17(6-7-2-8(14)3-7)13(19)10-4-9(15)5-11(12(10)16)18(20)21/h4-5,7-8H,2-3,6H2,1H3. The van der Waals surface area contributed by atoms with Crippen molar-refractivity contribution in [3.63, 3.8) is 0 Å². The molecular formula is C13H13ClF2N2O3. The Morgan fingerprint density at radius 2 is 2.10 bits per heavy atom. The molecule has 1 aliphatic carbocycles. The number of nitro benzene ring substituents is 1. The van der Waals surface area contributed by atoms with E-state index in [2.05, 4.69) is 0 Å². The van der Waals surface area contributed by atoms with Crippen molar-refractivity contribution in [3.05, 3.63) is 39.4 Å². The van der Waals surface area contributed by atoms with Crippen LogP contribution >= 0.6 is 11.6 Å². The number of carbonyl (C=O) groups excluding carboxylic acids is 1. The van der Waals surface area contributed by atoms with Gasteiger partial charge in [-0.1, -0.05) is 0 Å². The van der Waals surface area contributed by atoms with E-state index in [-0.39, 0.29) is 11.3 Å². The zero-order chi connectivity index (χ0) is 15.7. The summed E-state index contributed by atoms with van der Waals surface area (Å²) in [4.78, 5) is 22.9. The lowest BCUT2D eigenvalue weighted by atomic mass is 9.84. The summed E-state index contributed by atoms with van der Waals surface area (Å²) < 4.78 is 27.3. The Morgan fingerprint density at radius 1 is 1.48 bits per heavy atom. The molecule has 8 heteroatoms. The number of hydrogen-bond acceptors (Lipinski definition) is 3. The first kappa shape index (κ1) is 15.6. The highest BCUT2D eigenvalue weighted by atomic mass is 35.5. The predicted molar refractivity (Wildman–Crippen MR) is 72.3 cm³/mol. The molecule has 0 saturated heterocycles. The van der Waals surface area contributed by atoms with Crippen molar-refractivity contribution in [2.45, 2.75) is 18.2 Å². The summed E-state index contributed by atoms with van der Waals surface area (Å²) in [6.45, 7) is 0.353. The molecule has 0 bridgehead atoms. The lowest BCUT2D eigenvalue weighted by Crippen LogP contribution is -2.38. The van der Waals surface area contributed by atoms with E-state index in [0.717, 1.165) is 12.8 Å².